The summed E-state index contributed by atoms with van der Waals surface area (Å²) in [6, 6.07) is 15.1. The topological polar surface area (TPSA) is 9.23 Å². The molecule has 116 valence electrons. The summed E-state index contributed by atoms with van der Waals surface area (Å²) in [4.78, 5) is 0. The van der Waals surface area contributed by atoms with Crippen LogP contribution in [-0.2, 0) is 6.61 Å². The van der Waals surface area contributed by atoms with Gasteiger partial charge < -0.3 is 4.74 Å². The van der Waals surface area contributed by atoms with Gasteiger partial charge in [0.25, 0.3) is 0 Å². The number of ether oxygens (including phenoxy) is 1. The summed E-state index contributed by atoms with van der Waals surface area (Å²) >= 11 is 4.11. The van der Waals surface area contributed by atoms with Crippen molar-refractivity contribution in [1.82, 2.24) is 0 Å². The summed E-state index contributed by atoms with van der Waals surface area (Å²) in [5.74, 6) is 3.51. The average molecular weight is 331 g/mol. The lowest BCUT2D eigenvalue weighted by atomic mass is 10.1. The van der Waals surface area contributed by atoms with E-state index in [1.807, 2.05) is 0 Å². The maximum Gasteiger partial charge on any atom is 0.119 e. The van der Waals surface area contributed by atoms with Gasteiger partial charge in [-0.1, -0.05) is 30.3 Å². The molecule has 0 bridgehead atoms. The van der Waals surface area contributed by atoms with Gasteiger partial charge in [-0.2, -0.15) is 0 Å². The molecule has 2 aromatic carbocycles. The molecule has 0 saturated carbocycles. The minimum Gasteiger partial charge on any atom is -0.489 e. The van der Waals surface area contributed by atoms with Crippen molar-refractivity contribution >= 4 is 23.5 Å². The standard InChI is InChI=1S/C19H22OS2/c1-14-4-5-16(12-15(14)2)13-20-18-8-6-17(7-9-18)19-21-10-3-11-22-19/h4-9,12,19H,3,10-11,13H2,1-2H3. The molecule has 22 heavy (non-hydrogen) atoms. The van der Waals surface area contributed by atoms with Crippen LogP contribution in [0.3, 0.4) is 0 Å². The molecule has 0 atom stereocenters. The average Bonchev–Trinajstić information content (AvgIpc) is 2.57. The molecular formula is C19H22OS2. The lowest BCUT2D eigenvalue weighted by molar-refractivity contribution is 0.306. The Bertz CT molecular complexity index is 616. The minimum absolute atomic E-state index is 0.600. The maximum atomic E-state index is 5.92. The van der Waals surface area contributed by atoms with Gasteiger partial charge >= 0.3 is 0 Å². The van der Waals surface area contributed by atoms with Gasteiger partial charge in [-0.05, 0) is 66.2 Å². The van der Waals surface area contributed by atoms with E-state index in [9.17, 15) is 0 Å². The lowest BCUT2D eigenvalue weighted by Crippen LogP contribution is -2.00. The second-order valence-corrected chi connectivity index (χ2v) is 8.43. The highest BCUT2D eigenvalue weighted by Gasteiger charge is 2.16. The van der Waals surface area contributed by atoms with E-state index in [1.54, 1.807) is 0 Å². The first-order chi connectivity index (χ1) is 10.7. The summed E-state index contributed by atoms with van der Waals surface area (Å²) in [6.45, 7) is 4.92. The molecule has 3 heteroatoms. The normalized spacial score (nSPS) is 15.7. The fraction of sp³-hybridized carbons (Fsp3) is 0.368. The van der Waals surface area contributed by atoms with Crippen LogP contribution in [0.25, 0.3) is 0 Å². The molecule has 1 saturated heterocycles. The van der Waals surface area contributed by atoms with Crippen molar-refractivity contribution in [3.63, 3.8) is 0 Å². The number of hydrogen-bond acceptors (Lipinski definition) is 3. The molecule has 1 heterocycles. The van der Waals surface area contributed by atoms with E-state index in [0.717, 1.165) is 5.75 Å². The molecule has 0 amide bonds. The van der Waals surface area contributed by atoms with Crippen LogP contribution < -0.4 is 4.74 Å². The molecule has 1 aliphatic heterocycles. The van der Waals surface area contributed by atoms with E-state index in [0.29, 0.717) is 11.2 Å². The van der Waals surface area contributed by atoms with Crippen molar-refractivity contribution in [2.24, 2.45) is 0 Å². The summed E-state index contributed by atoms with van der Waals surface area (Å²) in [7, 11) is 0. The Balaban J connectivity index is 1.59. The van der Waals surface area contributed by atoms with E-state index >= 15 is 0 Å². The third kappa shape index (κ3) is 4.02. The lowest BCUT2D eigenvalue weighted by Gasteiger charge is -2.21. The number of rotatable bonds is 4. The third-order valence-electron chi connectivity index (χ3n) is 3.96. The smallest absolute Gasteiger partial charge is 0.119 e. The summed E-state index contributed by atoms with van der Waals surface area (Å²) in [5, 5.41) is 0. The zero-order valence-electron chi connectivity index (χ0n) is 13.2. The van der Waals surface area contributed by atoms with Crippen LogP contribution in [0.1, 0.15) is 33.3 Å². The molecule has 0 unspecified atom stereocenters. The van der Waals surface area contributed by atoms with Crippen molar-refractivity contribution in [2.75, 3.05) is 11.5 Å². The number of hydrogen-bond donors (Lipinski definition) is 0. The first-order valence-corrected chi connectivity index (χ1v) is 9.84. The molecule has 3 rings (SSSR count). The Hall–Kier alpha value is -1.06. The second-order valence-electron chi connectivity index (χ2n) is 5.70. The second kappa shape index (κ2) is 7.47. The van der Waals surface area contributed by atoms with Crippen LogP contribution in [0.2, 0.25) is 0 Å². The first-order valence-electron chi connectivity index (χ1n) is 7.74. The van der Waals surface area contributed by atoms with Gasteiger partial charge in [0.2, 0.25) is 0 Å². The van der Waals surface area contributed by atoms with Gasteiger partial charge in [0.05, 0.1) is 4.58 Å². The van der Waals surface area contributed by atoms with Crippen LogP contribution >= 0.6 is 23.5 Å². The molecule has 0 aliphatic carbocycles. The molecule has 0 N–H and O–H groups in total. The zero-order chi connectivity index (χ0) is 15.4. The molecule has 1 fully saturated rings. The molecule has 1 aliphatic rings. The van der Waals surface area contributed by atoms with Crippen LogP contribution in [0.15, 0.2) is 42.5 Å². The van der Waals surface area contributed by atoms with E-state index in [4.69, 9.17) is 4.74 Å². The van der Waals surface area contributed by atoms with E-state index < -0.39 is 0 Å². The number of benzene rings is 2. The Labute approximate surface area is 141 Å². The summed E-state index contributed by atoms with van der Waals surface area (Å²) in [6.07, 6.45) is 1.34. The van der Waals surface area contributed by atoms with Crippen LogP contribution in [0, 0.1) is 13.8 Å². The minimum atomic E-state index is 0.600. The monoisotopic (exact) mass is 330 g/mol. The van der Waals surface area contributed by atoms with Gasteiger partial charge in [0, 0.05) is 0 Å². The quantitative estimate of drug-likeness (QED) is 0.706. The predicted molar refractivity (Wildman–Crippen MR) is 99.0 cm³/mol. The van der Waals surface area contributed by atoms with Gasteiger partial charge in [0.1, 0.15) is 12.4 Å². The largest absolute Gasteiger partial charge is 0.489 e. The molecule has 2 aromatic rings. The van der Waals surface area contributed by atoms with Gasteiger partial charge in [-0.3, -0.25) is 0 Å². The Morgan fingerprint density at radius 1 is 0.955 bits per heavy atom. The fourth-order valence-corrected chi connectivity index (χ4v) is 5.36. The highest BCUT2D eigenvalue weighted by Crippen LogP contribution is 2.43. The summed E-state index contributed by atoms with van der Waals surface area (Å²) in [5.41, 5.74) is 5.29. The van der Waals surface area contributed by atoms with Crippen LogP contribution in [-0.4, -0.2) is 11.5 Å². The van der Waals surface area contributed by atoms with Crippen LogP contribution in [0.5, 0.6) is 5.75 Å². The highest BCUT2D eigenvalue weighted by atomic mass is 32.2. The van der Waals surface area contributed by atoms with Gasteiger partial charge in [-0.15, -0.1) is 23.5 Å². The third-order valence-corrected chi connectivity index (χ3v) is 6.97. The predicted octanol–water partition coefficient (Wildman–Crippen LogP) is 5.75. The van der Waals surface area contributed by atoms with Crippen LogP contribution in [0.4, 0.5) is 0 Å². The first kappa shape index (κ1) is 15.8. The van der Waals surface area contributed by atoms with Crippen molar-refractivity contribution in [3.05, 3.63) is 64.7 Å². The number of thioether (sulfide) groups is 2. The Kier molecular flexibility index (Phi) is 5.37. The van der Waals surface area contributed by atoms with Gasteiger partial charge in [-0.25, -0.2) is 0 Å². The molecule has 0 spiro atoms. The van der Waals surface area contributed by atoms with E-state index in [1.165, 1.54) is 40.2 Å². The maximum absolute atomic E-state index is 5.92. The SMILES string of the molecule is Cc1ccc(COc2ccc(C3SCCCS3)cc2)cc1C. The van der Waals surface area contributed by atoms with Crippen molar-refractivity contribution in [2.45, 2.75) is 31.5 Å². The van der Waals surface area contributed by atoms with E-state index in [2.05, 4.69) is 79.8 Å². The number of aryl methyl sites for hydroxylation is 2. The van der Waals surface area contributed by atoms with E-state index in [-0.39, 0.29) is 0 Å². The molecule has 0 aromatic heterocycles. The van der Waals surface area contributed by atoms with Crippen molar-refractivity contribution < 1.29 is 4.74 Å². The van der Waals surface area contributed by atoms with Gasteiger partial charge in [0.15, 0.2) is 0 Å². The van der Waals surface area contributed by atoms with Crippen molar-refractivity contribution in [3.8, 4) is 5.75 Å². The molecular weight excluding hydrogens is 308 g/mol. The fourth-order valence-electron chi connectivity index (χ4n) is 2.46. The summed E-state index contributed by atoms with van der Waals surface area (Å²) < 4.78 is 6.52. The Morgan fingerprint density at radius 3 is 2.36 bits per heavy atom. The zero-order valence-corrected chi connectivity index (χ0v) is 14.8. The molecule has 0 radical (unpaired) electrons. The van der Waals surface area contributed by atoms with Crippen molar-refractivity contribution in [1.29, 1.82) is 0 Å². The Morgan fingerprint density at radius 2 is 1.68 bits per heavy atom. The molecule has 1 nitrogen and oxygen atoms in total. The highest BCUT2D eigenvalue weighted by molar-refractivity contribution is 8.16.